The van der Waals surface area contributed by atoms with Crippen LogP contribution in [0.2, 0.25) is 0 Å². The first-order chi connectivity index (χ1) is 11.9. The second kappa shape index (κ2) is 7.63. The van der Waals surface area contributed by atoms with Crippen LogP contribution in [0.25, 0.3) is 0 Å². The molecule has 0 aromatic carbocycles. The van der Waals surface area contributed by atoms with E-state index in [1.807, 2.05) is 6.08 Å². The minimum absolute atomic E-state index is 0.130. The predicted molar refractivity (Wildman–Crippen MR) is 101 cm³/mol. The SMILES string of the molecule is CC1=C(C)C(C)(C2CCN(CC3CCOCC3)CC2)C(C(N)=O)C=C1. The molecular formula is C21H34N2O2. The van der Waals surface area contributed by atoms with Gasteiger partial charge in [-0.15, -0.1) is 0 Å². The molecule has 4 heteroatoms. The molecule has 2 unspecified atom stereocenters. The lowest BCUT2D eigenvalue weighted by Crippen LogP contribution is -2.48. The third-order valence-electron chi connectivity index (χ3n) is 7.18. The van der Waals surface area contributed by atoms with Crippen LogP contribution in [0.1, 0.15) is 46.5 Å². The highest BCUT2D eigenvalue weighted by Gasteiger charge is 2.46. The van der Waals surface area contributed by atoms with E-state index in [0.29, 0.717) is 5.92 Å². The van der Waals surface area contributed by atoms with E-state index >= 15 is 0 Å². The molecule has 3 aliphatic rings. The summed E-state index contributed by atoms with van der Waals surface area (Å²) in [5.74, 6) is 0.954. The van der Waals surface area contributed by atoms with Gasteiger partial charge in [-0.25, -0.2) is 0 Å². The summed E-state index contributed by atoms with van der Waals surface area (Å²) in [5.41, 5.74) is 8.29. The lowest BCUT2D eigenvalue weighted by atomic mass is 9.58. The molecule has 2 atom stereocenters. The van der Waals surface area contributed by atoms with Crippen molar-refractivity contribution in [2.45, 2.75) is 46.5 Å². The van der Waals surface area contributed by atoms with Gasteiger partial charge in [0.1, 0.15) is 0 Å². The van der Waals surface area contributed by atoms with Gasteiger partial charge in [-0.2, -0.15) is 0 Å². The van der Waals surface area contributed by atoms with Crippen molar-refractivity contribution < 1.29 is 9.53 Å². The van der Waals surface area contributed by atoms with Crippen LogP contribution in [0.4, 0.5) is 0 Å². The molecule has 2 heterocycles. The van der Waals surface area contributed by atoms with E-state index in [1.54, 1.807) is 0 Å². The van der Waals surface area contributed by atoms with Gasteiger partial charge in [0.05, 0.1) is 5.92 Å². The molecule has 0 aromatic heterocycles. The zero-order valence-electron chi connectivity index (χ0n) is 16.1. The molecular weight excluding hydrogens is 312 g/mol. The van der Waals surface area contributed by atoms with Crippen LogP contribution in [0.15, 0.2) is 23.3 Å². The smallest absolute Gasteiger partial charge is 0.225 e. The number of allylic oxidation sites excluding steroid dienone is 3. The van der Waals surface area contributed by atoms with Crippen LogP contribution >= 0.6 is 0 Å². The van der Waals surface area contributed by atoms with Crippen LogP contribution in [-0.4, -0.2) is 43.7 Å². The molecule has 25 heavy (non-hydrogen) atoms. The summed E-state index contributed by atoms with van der Waals surface area (Å²) >= 11 is 0. The van der Waals surface area contributed by atoms with Crippen molar-refractivity contribution in [1.82, 2.24) is 4.90 Å². The molecule has 0 bridgehead atoms. The number of nitrogens with zero attached hydrogens (tertiary/aromatic N) is 1. The molecule has 2 aliphatic heterocycles. The maximum Gasteiger partial charge on any atom is 0.225 e. The van der Waals surface area contributed by atoms with Gasteiger partial charge in [0.25, 0.3) is 0 Å². The summed E-state index contributed by atoms with van der Waals surface area (Å²) in [4.78, 5) is 14.7. The Labute approximate surface area is 152 Å². The van der Waals surface area contributed by atoms with E-state index < -0.39 is 0 Å². The van der Waals surface area contributed by atoms with Crippen molar-refractivity contribution >= 4 is 5.91 Å². The number of hydrogen-bond acceptors (Lipinski definition) is 3. The fraction of sp³-hybridized carbons (Fsp3) is 0.762. The summed E-state index contributed by atoms with van der Waals surface area (Å²) in [5, 5.41) is 0. The number of piperidine rings is 1. The summed E-state index contributed by atoms with van der Waals surface area (Å²) in [7, 11) is 0. The number of carbonyl (C=O) groups is 1. The number of primary amides is 1. The van der Waals surface area contributed by atoms with Gasteiger partial charge in [-0.3, -0.25) is 4.79 Å². The quantitative estimate of drug-likeness (QED) is 0.851. The van der Waals surface area contributed by atoms with Gasteiger partial charge in [0.15, 0.2) is 0 Å². The highest BCUT2D eigenvalue weighted by molar-refractivity contribution is 5.81. The number of carbonyl (C=O) groups excluding carboxylic acids is 1. The first-order valence-electron chi connectivity index (χ1n) is 9.88. The summed E-state index contributed by atoms with van der Waals surface area (Å²) < 4.78 is 5.48. The number of hydrogen-bond donors (Lipinski definition) is 1. The third-order valence-corrected chi connectivity index (χ3v) is 7.18. The fourth-order valence-corrected chi connectivity index (χ4v) is 5.18. The summed E-state index contributed by atoms with van der Waals surface area (Å²) in [6.45, 7) is 12.0. The average Bonchev–Trinajstić information content (AvgIpc) is 2.61. The lowest BCUT2D eigenvalue weighted by molar-refractivity contribution is -0.124. The standard InChI is InChI=1S/C21H34N2O2/c1-15-4-5-19(20(22)24)21(3,16(15)2)18-6-10-23(11-7-18)14-17-8-12-25-13-9-17/h4-5,17-19H,6-14H2,1-3H3,(H2,22,24). The van der Waals surface area contributed by atoms with E-state index in [0.717, 1.165) is 45.1 Å². The Balaban J connectivity index is 1.66. The molecule has 0 saturated carbocycles. The Morgan fingerprint density at radius 2 is 1.88 bits per heavy atom. The van der Waals surface area contributed by atoms with E-state index in [4.69, 9.17) is 10.5 Å². The molecule has 1 aliphatic carbocycles. The molecule has 2 N–H and O–H groups in total. The normalized spacial score (nSPS) is 33.0. The number of rotatable bonds is 4. The number of ether oxygens (including phenoxy) is 1. The van der Waals surface area contributed by atoms with Crippen LogP contribution in [-0.2, 0) is 9.53 Å². The second-order valence-electron chi connectivity index (χ2n) is 8.46. The zero-order chi connectivity index (χ0) is 18.0. The van der Waals surface area contributed by atoms with Crippen molar-refractivity contribution in [3.8, 4) is 0 Å². The van der Waals surface area contributed by atoms with E-state index in [2.05, 4.69) is 31.7 Å². The highest BCUT2D eigenvalue weighted by atomic mass is 16.5. The van der Waals surface area contributed by atoms with E-state index in [-0.39, 0.29) is 17.2 Å². The van der Waals surface area contributed by atoms with Gasteiger partial charge in [-0.1, -0.05) is 30.2 Å². The van der Waals surface area contributed by atoms with Crippen molar-refractivity contribution in [1.29, 1.82) is 0 Å². The molecule has 2 saturated heterocycles. The number of amides is 1. The zero-order valence-corrected chi connectivity index (χ0v) is 16.1. The largest absolute Gasteiger partial charge is 0.381 e. The van der Waals surface area contributed by atoms with Crippen LogP contribution in [0.3, 0.4) is 0 Å². The van der Waals surface area contributed by atoms with Crippen LogP contribution in [0, 0.1) is 23.2 Å². The molecule has 140 valence electrons. The first kappa shape index (κ1) is 18.7. The highest BCUT2D eigenvalue weighted by Crippen LogP contribution is 2.50. The maximum atomic E-state index is 12.1. The van der Waals surface area contributed by atoms with Gasteiger partial charge in [0, 0.05) is 25.2 Å². The Kier molecular flexibility index (Phi) is 5.69. The minimum atomic E-state index is -0.185. The fourth-order valence-electron chi connectivity index (χ4n) is 5.18. The maximum absolute atomic E-state index is 12.1. The van der Waals surface area contributed by atoms with Crippen molar-refractivity contribution in [3.63, 3.8) is 0 Å². The Morgan fingerprint density at radius 1 is 1.24 bits per heavy atom. The minimum Gasteiger partial charge on any atom is -0.381 e. The number of likely N-dealkylation sites (tertiary alicyclic amines) is 1. The second-order valence-corrected chi connectivity index (χ2v) is 8.46. The van der Waals surface area contributed by atoms with Gasteiger partial charge in [0.2, 0.25) is 5.91 Å². The predicted octanol–water partition coefficient (Wildman–Crippen LogP) is 3.14. The van der Waals surface area contributed by atoms with Gasteiger partial charge >= 0.3 is 0 Å². The first-order valence-corrected chi connectivity index (χ1v) is 9.88. The van der Waals surface area contributed by atoms with Crippen molar-refractivity contribution in [3.05, 3.63) is 23.3 Å². The van der Waals surface area contributed by atoms with Gasteiger partial charge in [-0.05, 0) is 64.5 Å². The summed E-state index contributed by atoms with van der Waals surface area (Å²) in [6, 6.07) is 0. The molecule has 0 aromatic rings. The molecule has 4 nitrogen and oxygen atoms in total. The Hall–Kier alpha value is -1.13. The third kappa shape index (κ3) is 3.70. The Morgan fingerprint density at radius 3 is 2.48 bits per heavy atom. The topological polar surface area (TPSA) is 55.6 Å². The molecule has 0 spiro atoms. The van der Waals surface area contributed by atoms with Crippen molar-refractivity contribution in [2.75, 3.05) is 32.8 Å². The molecule has 2 fully saturated rings. The van der Waals surface area contributed by atoms with Gasteiger partial charge < -0.3 is 15.4 Å². The van der Waals surface area contributed by atoms with E-state index in [9.17, 15) is 4.79 Å². The average molecular weight is 347 g/mol. The molecule has 1 amide bonds. The number of nitrogens with two attached hydrogens (primary N) is 1. The van der Waals surface area contributed by atoms with E-state index in [1.165, 1.54) is 30.5 Å². The summed E-state index contributed by atoms with van der Waals surface area (Å²) in [6.07, 6.45) is 8.83. The molecule has 0 radical (unpaired) electrons. The molecule has 3 rings (SSSR count). The Bertz CT molecular complexity index is 554. The van der Waals surface area contributed by atoms with Crippen LogP contribution < -0.4 is 5.73 Å². The monoisotopic (exact) mass is 346 g/mol. The lowest BCUT2D eigenvalue weighted by Gasteiger charge is -2.48. The van der Waals surface area contributed by atoms with Crippen molar-refractivity contribution in [2.24, 2.45) is 28.9 Å². The van der Waals surface area contributed by atoms with Crippen LogP contribution in [0.5, 0.6) is 0 Å².